The highest BCUT2D eigenvalue weighted by molar-refractivity contribution is 7.17. The first-order chi connectivity index (χ1) is 9.66. The number of nitrogens with zero attached hydrogens (tertiary/aromatic N) is 1. The van der Waals surface area contributed by atoms with Gasteiger partial charge in [0.25, 0.3) is 5.56 Å². The lowest BCUT2D eigenvalue weighted by molar-refractivity contribution is 0.0760. The largest absolute Gasteiger partial charge is 0.379 e. The Labute approximate surface area is 122 Å². The van der Waals surface area contributed by atoms with Crippen LogP contribution in [0.15, 0.2) is 16.2 Å². The molecule has 0 spiro atoms. The molecule has 20 heavy (non-hydrogen) atoms. The van der Waals surface area contributed by atoms with Crippen molar-refractivity contribution in [3.63, 3.8) is 0 Å². The summed E-state index contributed by atoms with van der Waals surface area (Å²) in [7, 11) is 0. The lowest BCUT2D eigenvalue weighted by Gasteiger charge is -2.07. The van der Waals surface area contributed by atoms with Crippen LogP contribution in [0.2, 0.25) is 0 Å². The Balaban J connectivity index is 1.72. The van der Waals surface area contributed by atoms with Crippen LogP contribution in [0.4, 0.5) is 0 Å². The van der Waals surface area contributed by atoms with Gasteiger partial charge in [0.1, 0.15) is 10.5 Å². The van der Waals surface area contributed by atoms with Crippen molar-refractivity contribution in [2.24, 2.45) is 0 Å². The highest BCUT2D eigenvalue weighted by Gasteiger charge is 2.04. The zero-order chi connectivity index (χ0) is 14.4. The SMILES string of the molecule is CC(C)OCCCCNCc1nc2ccsc2c(=O)[nH]1. The summed E-state index contributed by atoms with van der Waals surface area (Å²) in [6, 6.07) is 1.88. The maximum absolute atomic E-state index is 11.8. The van der Waals surface area contributed by atoms with Crippen LogP contribution in [-0.2, 0) is 11.3 Å². The van der Waals surface area contributed by atoms with Crippen LogP contribution in [-0.4, -0.2) is 29.2 Å². The van der Waals surface area contributed by atoms with E-state index in [-0.39, 0.29) is 5.56 Å². The third-order valence-corrected chi connectivity index (χ3v) is 3.76. The Morgan fingerprint density at radius 1 is 1.45 bits per heavy atom. The lowest BCUT2D eigenvalue weighted by atomic mass is 10.3. The monoisotopic (exact) mass is 295 g/mol. The minimum absolute atomic E-state index is 0.0490. The molecule has 2 heterocycles. The van der Waals surface area contributed by atoms with E-state index in [4.69, 9.17) is 4.74 Å². The molecule has 0 saturated carbocycles. The van der Waals surface area contributed by atoms with Crippen molar-refractivity contribution in [3.05, 3.63) is 27.6 Å². The third kappa shape index (κ3) is 4.40. The number of aromatic amines is 1. The molecule has 0 atom stereocenters. The van der Waals surface area contributed by atoms with Crippen LogP contribution in [0.5, 0.6) is 0 Å². The molecule has 2 aromatic heterocycles. The summed E-state index contributed by atoms with van der Waals surface area (Å²) >= 11 is 1.42. The van der Waals surface area contributed by atoms with Crippen LogP contribution >= 0.6 is 11.3 Å². The second-order valence-corrected chi connectivity index (χ2v) is 5.87. The standard InChI is InChI=1S/C14H21N3O2S/c1-10(2)19-7-4-3-6-15-9-12-16-11-5-8-20-13(11)14(18)17-12/h5,8,10,15H,3-4,6-7,9H2,1-2H3,(H,16,17,18). The van der Waals surface area contributed by atoms with Crippen molar-refractivity contribution in [1.82, 2.24) is 15.3 Å². The molecule has 2 N–H and O–H groups in total. The van der Waals surface area contributed by atoms with Crippen molar-refractivity contribution in [3.8, 4) is 0 Å². The normalized spacial score (nSPS) is 11.6. The lowest BCUT2D eigenvalue weighted by Crippen LogP contribution is -2.20. The van der Waals surface area contributed by atoms with E-state index in [0.29, 0.717) is 23.2 Å². The molecule has 0 aliphatic rings. The number of H-pyrrole nitrogens is 1. The molecular weight excluding hydrogens is 274 g/mol. The van der Waals surface area contributed by atoms with Crippen LogP contribution in [0.25, 0.3) is 10.2 Å². The second-order valence-electron chi connectivity index (χ2n) is 4.95. The Kier molecular flexibility index (Phi) is 5.70. The summed E-state index contributed by atoms with van der Waals surface area (Å²) < 4.78 is 6.17. The van der Waals surface area contributed by atoms with Crippen LogP contribution in [0.3, 0.4) is 0 Å². The summed E-state index contributed by atoms with van der Waals surface area (Å²) in [5, 5.41) is 5.18. The third-order valence-electron chi connectivity index (χ3n) is 2.86. The smallest absolute Gasteiger partial charge is 0.268 e. The molecule has 0 aliphatic heterocycles. The number of hydrogen-bond donors (Lipinski definition) is 2. The number of rotatable bonds is 8. The predicted octanol–water partition coefficient (Wildman–Crippen LogP) is 2.28. The molecule has 0 aromatic carbocycles. The highest BCUT2D eigenvalue weighted by Crippen LogP contribution is 2.13. The number of hydrogen-bond acceptors (Lipinski definition) is 5. The Bertz CT molecular complexity index is 591. The van der Waals surface area contributed by atoms with E-state index in [1.54, 1.807) is 0 Å². The van der Waals surface area contributed by atoms with Gasteiger partial charge in [-0.2, -0.15) is 0 Å². The van der Waals surface area contributed by atoms with Gasteiger partial charge in [0.2, 0.25) is 0 Å². The van der Waals surface area contributed by atoms with Gasteiger partial charge in [0.15, 0.2) is 0 Å². The summed E-state index contributed by atoms with van der Waals surface area (Å²) in [5.41, 5.74) is 0.730. The summed E-state index contributed by atoms with van der Waals surface area (Å²) in [6.07, 6.45) is 2.39. The van der Waals surface area contributed by atoms with Gasteiger partial charge >= 0.3 is 0 Å². The fraction of sp³-hybridized carbons (Fsp3) is 0.571. The molecule has 0 saturated heterocycles. The predicted molar refractivity (Wildman–Crippen MR) is 82.3 cm³/mol. The van der Waals surface area contributed by atoms with Crippen molar-refractivity contribution in [2.75, 3.05) is 13.2 Å². The molecule has 110 valence electrons. The molecule has 0 fully saturated rings. The first-order valence-electron chi connectivity index (χ1n) is 6.95. The Morgan fingerprint density at radius 2 is 2.30 bits per heavy atom. The van der Waals surface area contributed by atoms with Crippen molar-refractivity contribution in [2.45, 2.75) is 39.3 Å². The number of thiophene rings is 1. The van der Waals surface area contributed by atoms with Gasteiger partial charge in [0.05, 0.1) is 18.2 Å². The van der Waals surface area contributed by atoms with Crippen LogP contribution in [0.1, 0.15) is 32.5 Å². The first-order valence-corrected chi connectivity index (χ1v) is 7.83. The van der Waals surface area contributed by atoms with E-state index < -0.39 is 0 Å². The quantitative estimate of drug-likeness (QED) is 0.733. The first kappa shape index (κ1) is 15.2. The van der Waals surface area contributed by atoms with E-state index in [0.717, 1.165) is 31.5 Å². The Hall–Kier alpha value is -1.24. The number of ether oxygens (including phenoxy) is 1. The van der Waals surface area contributed by atoms with E-state index in [1.165, 1.54) is 11.3 Å². The number of aromatic nitrogens is 2. The average Bonchev–Trinajstić information content (AvgIpc) is 2.86. The molecule has 2 aromatic rings. The van der Waals surface area contributed by atoms with Crippen LogP contribution < -0.4 is 10.9 Å². The molecular formula is C14H21N3O2S. The number of fused-ring (bicyclic) bond motifs is 1. The number of nitrogens with one attached hydrogen (secondary N) is 2. The van der Waals surface area contributed by atoms with Crippen molar-refractivity contribution < 1.29 is 4.74 Å². The van der Waals surface area contributed by atoms with Gasteiger partial charge in [-0.3, -0.25) is 4.79 Å². The minimum atomic E-state index is -0.0490. The molecule has 0 amide bonds. The molecule has 0 bridgehead atoms. The van der Waals surface area contributed by atoms with Gasteiger partial charge in [-0.15, -0.1) is 11.3 Å². The van der Waals surface area contributed by atoms with Gasteiger partial charge in [-0.05, 0) is 44.7 Å². The van der Waals surface area contributed by atoms with E-state index in [1.807, 2.05) is 25.3 Å². The van der Waals surface area contributed by atoms with Gasteiger partial charge in [0, 0.05) is 6.61 Å². The number of unbranched alkanes of at least 4 members (excludes halogenated alkanes) is 1. The fourth-order valence-electron chi connectivity index (χ4n) is 1.88. The topological polar surface area (TPSA) is 67.0 Å². The highest BCUT2D eigenvalue weighted by atomic mass is 32.1. The molecule has 0 aliphatic carbocycles. The molecule has 0 radical (unpaired) electrons. The zero-order valence-electron chi connectivity index (χ0n) is 11.9. The summed E-state index contributed by atoms with van der Waals surface area (Å²) in [6.45, 7) is 6.37. The maximum Gasteiger partial charge on any atom is 0.268 e. The Morgan fingerprint density at radius 3 is 3.10 bits per heavy atom. The van der Waals surface area contributed by atoms with Crippen molar-refractivity contribution in [1.29, 1.82) is 0 Å². The van der Waals surface area contributed by atoms with E-state index in [2.05, 4.69) is 15.3 Å². The van der Waals surface area contributed by atoms with Crippen LogP contribution in [0, 0.1) is 0 Å². The summed E-state index contributed by atoms with van der Waals surface area (Å²) in [5.74, 6) is 0.694. The van der Waals surface area contributed by atoms with Crippen molar-refractivity contribution >= 4 is 21.6 Å². The maximum atomic E-state index is 11.8. The van der Waals surface area contributed by atoms with Gasteiger partial charge in [-0.25, -0.2) is 4.98 Å². The van der Waals surface area contributed by atoms with Gasteiger partial charge in [-0.1, -0.05) is 0 Å². The summed E-state index contributed by atoms with van der Waals surface area (Å²) in [4.78, 5) is 19.0. The second kappa shape index (κ2) is 7.52. The van der Waals surface area contributed by atoms with Gasteiger partial charge < -0.3 is 15.0 Å². The average molecular weight is 295 g/mol. The molecule has 0 unspecified atom stereocenters. The zero-order valence-corrected chi connectivity index (χ0v) is 12.8. The molecule has 5 nitrogen and oxygen atoms in total. The fourth-order valence-corrected chi connectivity index (χ4v) is 2.61. The molecule has 2 rings (SSSR count). The van der Waals surface area contributed by atoms with E-state index in [9.17, 15) is 4.79 Å². The minimum Gasteiger partial charge on any atom is -0.379 e. The molecule has 6 heteroatoms. The van der Waals surface area contributed by atoms with E-state index >= 15 is 0 Å².